The molecule has 2 aliphatic rings. The van der Waals surface area contributed by atoms with Gasteiger partial charge in [0.2, 0.25) is 0 Å². The van der Waals surface area contributed by atoms with Crippen molar-refractivity contribution in [1.29, 1.82) is 0 Å². The second-order valence-corrected chi connectivity index (χ2v) is 7.16. The number of methoxy groups -OCH3 is 1. The number of fused-ring (bicyclic) bond motifs is 1. The standard InChI is InChI=1S/C19H25N3O/c1-23-18-6-4-15-3-5-17(11-16(15)12-18)20-13-19(7-8-19)14-22-10-2-9-21-22/h2,4,6,9-10,12,17,20H,3,5,7-8,11,13-14H2,1H3/t17-/m1/s1. The van der Waals surface area contributed by atoms with Crippen LogP contribution in [0.2, 0.25) is 0 Å². The first kappa shape index (κ1) is 14.8. The van der Waals surface area contributed by atoms with Gasteiger partial charge >= 0.3 is 0 Å². The van der Waals surface area contributed by atoms with Crippen LogP contribution in [-0.2, 0) is 19.4 Å². The van der Waals surface area contributed by atoms with Gasteiger partial charge in [-0.15, -0.1) is 0 Å². The Balaban J connectivity index is 1.35. The second-order valence-electron chi connectivity index (χ2n) is 7.16. The van der Waals surface area contributed by atoms with Gasteiger partial charge in [-0.2, -0.15) is 5.10 Å². The van der Waals surface area contributed by atoms with Crippen LogP contribution in [-0.4, -0.2) is 29.5 Å². The fourth-order valence-electron chi connectivity index (χ4n) is 3.70. The van der Waals surface area contributed by atoms with E-state index in [1.807, 2.05) is 12.3 Å². The molecule has 0 unspecified atom stereocenters. The summed E-state index contributed by atoms with van der Waals surface area (Å²) in [5, 5.41) is 8.19. The molecule has 1 N–H and O–H groups in total. The lowest BCUT2D eigenvalue weighted by Gasteiger charge is -2.28. The van der Waals surface area contributed by atoms with Gasteiger partial charge in [-0.25, -0.2) is 0 Å². The normalized spacial score (nSPS) is 21.7. The molecular formula is C19H25N3O. The predicted molar refractivity (Wildman–Crippen MR) is 90.7 cm³/mol. The Labute approximate surface area is 137 Å². The summed E-state index contributed by atoms with van der Waals surface area (Å²) in [6.07, 6.45) is 10.1. The molecule has 0 radical (unpaired) electrons. The highest BCUT2D eigenvalue weighted by molar-refractivity contribution is 5.37. The molecular weight excluding hydrogens is 286 g/mol. The average Bonchev–Trinajstić information content (AvgIpc) is 3.15. The molecule has 2 aliphatic carbocycles. The second kappa shape index (κ2) is 6.00. The Morgan fingerprint density at radius 3 is 3.00 bits per heavy atom. The quantitative estimate of drug-likeness (QED) is 0.891. The maximum atomic E-state index is 5.37. The topological polar surface area (TPSA) is 39.1 Å². The van der Waals surface area contributed by atoms with E-state index in [9.17, 15) is 0 Å². The van der Waals surface area contributed by atoms with Gasteiger partial charge in [0.25, 0.3) is 0 Å². The van der Waals surface area contributed by atoms with Crippen LogP contribution in [0.1, 0.15) is 30.4 Å². The van der Waals surface area contributed by atoms with E-state index in [1.165, 1.54) is 36.8 Å². The highest BCUT2D eigenvalue weighted by atomic mass is 16.5. The zero-order valence-electron chi connectivity index (χ0n) is 13.8. The molecule has 1 heterocycles. The predicted octanol–water partition coefficient (Wildman–Crippen LogP) is 2.82. The SMILES string of the molecule is COc1ccc2c(c1)C[C@H](NCC1(Cn3cccn3)CC1)CC2. The molecule has 122 valence electrons. The molecule has 23 heavy (non-hydrogen) atoms. The summed E-state index contributed by atoms with van der Waals surface area (Å²) in [6, 6.07) is 9.11. The van der Waals surface area contributed by atoms with Crippen molar-refractivity contribution in [3.8, 4) is 5.75 Å². The molecule has 1 aromatic heterocycles. The molecule has 0 aliphatic heterocycles. The van der Waals surface area contributed by atoms with E-state index in [2.05, 4.69) is 39.5 Å². The van der Waals surface area contributed by atoms with Gasteiger partial charge in [-0.3, -0.25) is 4.68 Å². The van der Waals surface area contributed by atoms with Crippen LogP contribution in [0.15, 0.2) is 36.7 Å². The monoisotopic (exact) mass is 311 g/mol. The van der Waals surface area contributed by atoms with E-state index >= 15 is 0 Å². The van der Waals surface area contributed by atoms with Crippen LogP contribution < -0.4 is 10.1 Å². The van der Waals surface area contributed by atoms with Crippen LogP contribution in [0.4, 0.5) is 0 Å². The summed E-state index contributed by atoms with van der Waals surface area (Å²) in [7, 11) is 1.74. The van der Waals surface area contributed by atoms with Crippen molar-refractivity contribution in [2.24, 2.45) is 5.41 Å². The van der Waals surface area contributed by atoms with Gasteiger partial charge in [0.05, 0.1) is 7.11 Å². The van der Waals surface area contributed by atoms with Crippen LogP contribution in [0.25, 0.3) is 0 Å². The lowest BCUT2D eigenvalue weighted by atomic mass is 9.88. The Kier molecular flexibility index (Phi) is 3.85. The van der Waals surface area contributed by atoms with Crippen molar-refractivity contribution >= 4 is 0 Å². The Hall–Kier alpha value is -1.81. The third-order valence-corrected chi connectivity index (χ3v) is 5.42. The van der Waals surface area contributed by atoms with Crippen LogP contribution >= 0.6 is 0 Å². The van der Waals surface area contributed by atoms with Gasteiger partial charge in [-0.1, -0.05) is 6.07 Å². The molecule has 4 heteroatoms. The summed E-state index contributed by atoms with van der Waals surface area (Å²) in [5.41, 5.74) is 3.37. The summed E-state index contributed by atoms with van der Waals surface area (Å²) in [5.74, 6) is 0.974. The Morgan fingerprint density at radius 1 is 1.35 bits per heavy atom. The number of ether oxygens (including phenoxy) is 1. The molecule has 0 bridgehead atoms. The molecule has 2 aromatic rings. The van der Waals surface area contributed by atoms with Gasteiger partial charge in [0.15, 0.2) is 0 Å². The highest BCUT2D eigenvalue weighted by Gasteiger charge is 2.43. The number of benzene rings is 1. The van der Waals surface area contributed by atoms with Gasteiger partial charge < -0.3 is 10.1 Å². The molecule has 1 atom stereocenters. The van der Waals surface area contributed by atoms with E-state index in [1.54, 1.807) is 7.11 Å². The maximum Gasteiger partial charge on any atom is 0.119 e. The number of hydrogen-bond donors (Lipinski definition) is 1. The lowest BCUT2D eigenvalue weighted by molar-refractivity contribution is 0.338. The largest absolute Gasteiger partial charge is 0.497 e. The minimum Gasteiger partial charge on any atom is -0.497 e. The van der Waals surface area contributed by atoms with Crippen LogP contribution in [0.3, 0.4) is 0 Å². The summed E-state index contributed by atoms with van der Waals surface area (Å²) < 4.78 is 7.45. The zero-order chi connectivity index (χ0) is 15.7. The van der Waals surface area contributed by atoms with Crippen molar-refractivity contribution < 1.29 is 4.74 Å². The molecule has 4 rings (SSSR count). The first-order valence-corrected chi connectivity index (χ1v) is 8.63. The smallest absolute Gasteiger partial charge is 0.119 e. The number of nitrogens with one attached hydrogen (secondary N) is 1. The summed E-state index contributed by atoms with van der Waals surface area (Å²) >= 11 is 0. The third-order valence-electron chi connectivity index (χ3n) is 5.42. The lowest BCUT2D eigenvalue weighted by Crippen LogP contribution is -2.39. The van der Waals surface area contributed by atoms with E-state index in [-0.39, 0.29) is 0 Å². The van der Waals surface area contributed by atoms with Crippen LogP contribution in [0.5, 0.6) is 5.75 Å². The third kappa shape index (κ3) is 3.27. The highest BCUT2D eigenvalue weighted by Crippen LogP contribution is 2.46. The molecule has 0 saturated heterocycles. The first-order valence-electron chi connectivity index (χ1n) is 8.63. The maximum absolute atomic E-state index is 5.37. The molecule has 1 aromatic carbocycles. The Morgan fingerprint density at radius 2 is 2.26 bits per heavy atom. The van der Waals surface area contributed by atoms with Crippen LogP contribution in [0, 0.1) is 5.41 Å². The van der Waals surface area contributed by atoms with Crippen molar-refractivity contribution in [1.82, 2.24) is 15.1 Å². The van der Waals surface area contributed by atoms with Crippen molar-refractivity contribution in [2.75, 3.05) is 13.7 Å². The number of hydrogen-bond acceptors (Lipinski definition) is 3. The summed E-state index contributed by atoms with van der Waals surface area (Å²) in [6.45, 7) is 2.15. The van der Waals surface area contributed by atoms with Crippen molar-refractivity contribution in [3.63, 3.8) is 0 Å². The molecule has 0 amide bonds. The molecule has 1 fully saturated rings. The summed E-state index contributed by atoms with van der Waals surface area (Å²) in [4.78, 5) is 0. The number of rotatable bonds is 6. The van der Waals surface area contributed by atoms with E-state index < -0.39 is 0 Å². The minimum atomic E-state index is 0.431. The first-order chi connectivity index (χ1) is 11.3. The van der Waals surface area contributed by atoms with Crippen molar-refractivity contribution in [3.05, 3.63) is 47.8 Å². The fraction of sp³-hybridized carbons (Fsp3) is 0.526. The fourth-order valence-corrected chi connectivity index (χ4v) is 3.70. The zero-order valence-corrected chi connectivity index (χ0v) is 13.8. The van der Waals surface area contributed by atoms with Gasteiger partial charge in [0, 0.05) is 36.9 Å². The van der Waals surface area contributed by atoms with Gasteiger partial charge in [-0.05, 0) is 61.4 Å². The van der Waals surface area contributed by atoms with Crippen molar-refractivity contribution in [2.45, 2.75) is 44.7 Å². The molecule has 0 spiro atoms. The molecule has 1 saturated carbocycles. The van der Waals surface area contributed by atoms with E-state index in [0.29, 0.717) is 11.5 Å². The Bertz CT molecular complexity index is 661. The minimum absolute atomic E-state index is 0.431. The van der Waals surface area contributed by atoms with Gasteiger partial charge in [0.1, 0.15) is 5.75 Å². The van der Waals surface area contributed by atoms with E-state index in [0.717, 1.165) is 25.3 Å². The number of aromatic nitrogens is 2. The molecule has 4 nitrogen and oxygen atoms in total. The average molecular weight is 311 g/mol. The number of nitrogens with zero attached hydrogens (tertiary/aromatic N) is 2. The van der Waals surface area contributed by atoms with E-state index in [4.69, 9.17) is 4.74 Å². The number of aryl methyl sites for hydroxylation is 1.